The fourth-order valence-electron chi connectivity index (χ4n) is 1.72. The summed E-state index contributed by atoms with van der Waals surface area (Å²) in [5.74, 6) is -1.31. The molecule has 0 spiro atoms. The molecule has 1 aliphatic heterocycles. The lowest BCUT2D eigenvalue weighted by Gasteiger charge is -2.11. The fraction of sp³-hybridized carbons (Fsp3) is 0.308. The predicted molar refractivity (Wildman–Crippen MR) is 67.2 cm³/mol. The first-order valence-electron chi connectivity index (χ1n) is 5.79. The Morgan fingerprint density at radius 2 is 2.06 bits per heavy atom. The highest BCUT2D eigenvalue weighted by atomic mass is 16.5. The Balaban J connectivity index is 2.29. The Bertz CT molecular complexity index is 496. The van der Waals surface area contributed by atoms with Crippen molar-refractivity contribution in [3.63, 3.8) is 0 Å². The van der Waals surface area contributed by atoms with Gasteiger partial charge in [0.1, 0.15) is 0 Å². The number of nitrogens with zero attached hydrogens (tertiary/aromatic N) is 2. The summed E-state index contributed by atoms with van der Waals surface area (Å²) in [5, 5.41) is 5.31. The monoisotopic (exact) mass is 246 g/mol. The number of carbonyl (C=O) groups excluding carboxylic acids is 2. The smallest absolute Gasteiger partial charge is 0.355 e. The van der Waals surface area contributed by atoms with E-state index in [1.54, 1.807) is 26.0 Å². The Morgan fingerprint density at radius 1 is 1.39 bits per heavy atom. The molecule has 1 heterocycles. The van der Waals surface area contributed by atoms with Gasteiger partial charge >= 0.3 is 5.97 Å². The SMILES string of the molecule is CCOC(=O)C1=NN(c2ccccc2)C(=O)C1C. The van der Waals surface area contributed by atoms with E-state index in [0.29, 0.717) is 5.69 Å². The van der Waals surface area contributed by atoms with E-state index in [9.17, 15) is 9.59 Å². The van der Waals surface area contributed by atoms with E-state index in [1.807, 2.05) is 18.2 Å². The van der Waals surface area contributed by atoms with Crippen LogP contribution in [0.15, 0.2) is 35.4 Å². The van der Waals surface area contributed by atoms with Crippen LogP contribution in [0.3, 0.4) is 0 Å². The maximum absolute atomic E-state index is 12.0. The van der Waals surface area contributed by atoms with Gasteiger partial charge in [0.25, 0.3) is 5.91 Å². The standard InChI is InChI=1S/C13H14N2O3/c1-3-18-13(17)11-9(2)12(16)15(14-11)10-7-5-4-6-8-10/h4-9H,3H2,1-2H3. The number of amides is 1. The number of anilines is 1. The van der Waals surface area contributed by atoms with E-state index in [1.165, 1.54) is 5.01 Å². The van der Waals surface area contributed by atoms with Crippen molar-refractivity contribution in [2.45, 2.75) is 13.8 Å². The van der Waals surface area contributed by atoms with Crippen LogP contribution in [0.4, 0.5) is 5.69 Å². The van der Waals surface area contributed by atoms with Crippen LogP contribution in [0.5, 0.6) is 0 Å². The summed E-state index contributed by atoms with van der Waals surface area (Å²) in [4.78, 5) is 23.7. The van der Waals surface area contributed by atoms with Gasteiger partial charge in [-0.15, -0.1) is 0 Å². The molecule has 0 aromatic heterocycles. The molecule has 18 heavy (non-hydrogen) atoms. The van der Waals surface area contributed by atoms with Crippen molar-refractivity contribution in [1.82, 2.24) is 0 Å². The third-order valence-electron chi connectivity index (χ3n) is 2.68. The summed E-state index contributed by atoms with van der Waals surface area (Å²) in [5.41, 5.74) is 0.805. The predicted octanol–water partition coefficient (Wildman–Crippen LogP) is 1.59. The summed E-state index contributed by atoms with van der Waals surface area (Å²) < 4.78 is 4.88. The molecular weight excluding hydrogens is 232 g/mol. The van der Waals surface area contributed by atoms with E-state index in [4.69, 9.17) is 4.74 Å². The quantitative estimate of drug-likeness (QED) is 0.761. The lowest BCUT2D eigenvalue weighted by molar-refractivity contribution is -0.135. The molecular formula is C13H14N2O3. The maximum atomic E-state index is 12.0. The van der Waals surface area contributed by atoms with Crippen LogP contribution in [-0.4, -0.2) is 24.2 Å². The van der Waals surface area contributed by atoms with Gasteiger partial charge in [-0.3, -0.25) is 4.79 Å². The third kappa shape index (κ3) is 2.11. The van der Waals surface area contributed by atoms with Crippen LogP contribution < -0.4 is 5.01 Å². The number of benzene rings is 1. The Morgan fingerprint density at radius 3 is 2.67 bits per heavy atom. The van der Waals surface area contributed by atoms with Crippen molar-refractivity contribution in [3.05, 3.63) is 30.3 Å². The van der Waals surface area contributed by atoms with Crippen molar-refractivity contribution >= 4 is 23.3 Å². The summed E-state index contributed by atoms with van der Waals surface area (Å²) in [7, 11) is 0. The fourth-order valence-corrected chi connectivity index (χ4v) is 1.72. The zero-order valence-electron chi connectivity index (χ0n) is 10.3. The van der Waals surface area contributed by atoms with Crippen LogP contribution in [0.25, 0.3) is 0 Å². The zero-order valence-corrected chi connectivity index (χ0v) is 10.3. The highest BCUT2D eigenvalue weighted by molar-refractivity contribution is 6.43. The van der Waals surface area contributed by atoms with Gasteiger partial charge in [0.05, 0.1) is 18.2 Å². The molecule has 1 unspecified atom stereocenters. The first-order chi connectivity index (χ1) is 8.65. The molecule has 0 radical (unpaired) electrons. The summed E-state index contributed by atoms with van der Waals surface area (Å²) in [6.45, 7) is 3.64. The second-order valence-electron chi connectivity index (χ2n) is 3.91. The summed E-state index contributed by atoms with van der Waals surface area (Å²) in [6.07, 6.45) is 0. The van der Waals surface area contributed by atoms with Gasteiger partial charge < -0.3 is 4.74 Å². The maximum Gasteiger partial charge on any atom is 0.355 e. The number of hydrogen-bond acceptors (Lipinski definition) is 4. The van der Waals surface area contributed by atoms with Gasteiger partial charge in [0.15, 0.2) is 5.71 Å². The minimum atomic E-state index is -0.566. The van der Waals surface area contributed by atoms with Gasteiger partial charge in [-0.2, -0.15) is 10.1 Å². The normalized spacial score (nSPS) is 18.8. The van der Waals surface area contributed by atoms with E-state index < -0.39 is 11.9 Å². The van der Waals surface area contributed by atoms with Crippen molar-refractivity contribution in [2.75, 3.05) is 11.6 Å². The number of rotatable bonds is 3. The highest BCUT2D eigenvalue weighted by Crippen LogP contribution is 2.23. The molecule has 0 saturated carbocycles. The van der Waals surface area contributed by atoms with E-state index in [2.05, 4.69) is 5.10 Å². The largest absolute Gasteiger partial charge is 0.461 e. The number of hydrogen-bond donors (Lipinski definition) is 0. The number of esters is 1. The summed E-state index contributed by atoms with van der Waals surface area (Å²) in [6, 6.07) is 9.00. The number of carbonyl (C=O) groups is 2. The van der Waals surface area contributed by atoms with Gasteiger partial charge in [-0.1, -0.05) is 18.2 Å². The zero-order chi connectivity index (χ0) is 13.1. The molecule has 0 N–H and O–H groups in total. The van der Waals surface area contributed by atoms with E-state index >= 15 is 0 Å². The molecule has 1 amide bonds. The molecule has 5 heteroatoms. The van der Waals surface area contributed by atoms with Crippen molar-refractivity contribution in [1.29, 1.82) is 0 Å². The summed E-state index contributed by atoms with van der Waals surface area (Å²) >= 11 is 0. The second-order valence-corrected chi connectivity index (χ2v) is 3.91. The molecule has 1 aromatic rings. The molecule has 0 saturated heterocycles. The van der Waals surface area contributed by atoms with Crippen LogP contribution >= 0.6 is 0 Å². The van der Waals surface area contributed by atoms with Crippen molar-refractivity contribution < 1.29 is 14.3 Å². The van der Waals surface area contributed by atoms with E-state index in [-0.39, 0.29) is 18.2 Å². The Hall–Kier alpha value is -2.17. The first kappa shape index (κ1) is 12.3. The molecule has 1 aromatic carbocycles. The molecule has 0 fully saturated rings. The van der Waals surface area contributed by atoms with Crippen molar-refractivity contribution in [3.8, 4) is 0 Å². The molecule has 0 aliphatic carbocycles. The highest BCUT2D eigenvalue weighted by Gasteiger charge is 2.37. The van der Waals surface area contributed by atoms with E-state index in [0.717, 1.165) is 0 Å². The molecule has 94 valence electrons. The Labute approximate surface area is 105 Å². The number of ether oxygens (including phenoxy) is 1. The minimum Gasteiger partial charge on any atom is -0.461 e. The van der Waals surface area contributed by atoms with Gasteiger partial charge in [0, 0.05) is 0 Å². The molecule has 5 nitrogen and oxygen atoms in total. The first-order valence-corrected chi connectivity index (χ1v) is 5.79. The van der Waals surface area contributed by atoms with Gasteiger partial charge in [-0.05, 0) is 26.0 Å². The molecule has 1 aliphatic rings. The van der Waals surface area contributed by atoms with Gasteiger partial charge in [0.2, 0.25) is 0 Å². The number of para-hydroxylation sites is 1. The minimum absolute atomic E-state index is 0.158. The second kappa shape index (κ2) is 5.00. The van der Waals surface area contributed by atoms with Crippen LogP contribution in [0.2, 0.25) is 0 Å². The Kier molecular flexibility index (Phi) is 3.41. The number of hydrazone groups is 1. The third-order valence-corrected chi connectivity index (χ3v) is 2.68. The lowest BCUT2D eigenvalue weighted by atomic mass is 10.1. The average molecular weight is 246 g/mol. The lowest BCUT2D eigenvalue weighted by Crippen LogP contribution is -2.28. The molecule has 0 bridgehead atoms. The van der Waals surface area contributed by atoms with Gasteiger partial charge in [-0.25, -0.2) is 4.79 Å². The van der Waals surface area contributed by atoms with Crippen LogP contribution in [0, 0.1) is 5.92 Å². The molecule has 1 atom stereocenters. The molecule has 2 rings (SSSR count). The van der Waals surface area contributed by atoms with Crippen molar-refractivity contribution in [2.24, 2.45) is 11.0 Å². The van der Waals surface area contributed by atoms with Crippen LogP contribution in [-0.2, 0) is 14.3 Å². The topological polar surface area (TPSA) is 59.0 Å². The average Bonchev–Trinajstić information content (AvgIpc) is 2.68. The van der Waals surface area contributed by atoms with Crippen LogP contribution in [0.1, 0.15) is 13.8 Å².